The Bertz CT molecular complexity index is 631. The number of thioether (sulfide) groups is 1. The first kappa shape index (κ1) is 12.7. The molecule has 7 heteroatoms. The van der Waals surface area contributed by atoms with Gasteiger partial charge in [-0.3, -0.25) is 9.55 Å². The summed E-state index contributed by atoms with van der Waals surface area (Å²) in [4.78, 5) is 15.6. The summed E-state index contributed by atoms with van der Waals surface area (Å²) < 4.78 is 1.47. The zero-order chi connectivity index (χ0) is 13.3. The van der Waals surface area contributed by atoms with Gasteiger partial charge in [-0.05, 0) is 25.0 Å². The lowest BCUT2D eigenvalue weighted by Gasteiger charge is -2.09. The van der Waals surface area contributed by atoms with Gasteiger partial charge in [0.15, 0.2) is 5.16 Å². The second-order valence-corrected chi connectivity index (χ2v) is 5.03. The number of nitrogens with one attached hydrogen (secondary N) is 1. The van der Waals surface area contributed by atoms with Crippen molar-refractivity contribution in [2.24, 2.45) is 7.05 Å². The van der Waals surface area contributed by atoms with Gasteiger partial charge in [0.05, 0.1) is 5.69 Å². The Hall–Kier alpha value is -1.76. The van der Waals surface area contributed by atoms with Crippen LogP contribution in [0.25, 0.3) is 0 Å². The number of hydrogen-bond acceptors (Lipinski definition) is 5. The molecule has 0 aliphatic heterocycles. The van der Waals surface area contributed by atoms with Crippen LogP contribution in [0.2, 0.25) is 0 Å². The molecular weight excluding hydrogens is 250 g/mol. The monoisotopic (exact) mass is 265 g/mol. The molecule has 0 fully saturated rings. The second kappa shape index (κ2) is 4.85. The third-order valence-electron chi connectivity index (χ3n) is 2.85. The van der Waals surface area contributed by atoms with Crippen LogP contribution < -0.4 is 11.4 Å². The first-order valence-corrected chi connectivity index (χ1v) is 6.44. The molecule has 0 bridgehead atoms. The van der Waals surface area contributed by atoms with Crippen LogP contribution in [0.4, 0.5) is 5.69 Å². The molecule has 2 aromatic heterocycles. The molecule has 6 nitrogen and oxygen atoms in total. The summed E-state index contributed by atoms with van der Waals surface area (Å²) in [6.07, 6.45) is 1.77. The van der Waals surface area contributed by atoms with Gasteiger partial charge in [-0.25, -0.2) is 9.89 Å². The molecule has 0 aliphatic carbocycles. The van der Waals surface area contributed by atoms with E-state index in [1.54, 1.807) is 13.2 Å². The summed E-state index contributed by atoms with van der Waals surface area (Å²) in [5.74, 6) is 0.633. The zero-order valence-corrected chi connectivity index (χ0v) is 11.3. The van der Waals surface area contributed by atoms with Gasteiger partial charge in [0.25, 0.3) is 0 Å². The molecule has 0 saturated carbocycles. The van der Waals surface area contributed by atoms with Crippen LogP contribution in [0.3, 0.4) is 0 Å². The lowest BCUT2D eigenvalue weighted by atomic mass is 10.1. The number of hydrogen-bond donors (Lipinski definition) is 2. The highest BCUT2D eigenvalue weighted by molar-refractivity contribution is 7.98. The molecule has 2 rings (SSSR count). The van der Waals surface area contributed by atoms with Crippen LogP contribution in [-0.4, -0.2) is 19.7 Å². The second-order valence-electron chi connectivity index (χ2n) is 4.09. The number of nitrogen functional groups attached to an aromatic ring is 1. The minimum atomic E-state index is -0.217. The Morgan fingerprint density at radius 2 is 2.22 bits per heavy atom. The topological polar surface area (TPSA) is 89.6 Å². The minimum absolute atomic E-state index is 0.217. The third-order valence-corrected chi connectivity index (χ3v) is 3.89. The number of nitrogens with two attached hydrogens (primary N) is 1. The van der Waals surface area contributed by atoms with Crippen LogP contribution in [-0.2, 0) is 12.8 Å². The molecule has 0 aliphatic rings. The van der Waals surface area contributed by atoms with Crippen LogP contribution in [0.1, 0.15) is 16.8 Å². The average molecular weight is 265 g/mol. The van der Waals surface area contributed by atoms with Gasteiger partial charge in [-0.2, -0.15) is 0 Å². The van der Waals surface area contributed by atoms with E-state index < -0.39 is 0 Å². The Kier molecular flexibility index (Phi) is 3.42. The summed E-state index contributed by atoms with van der Waals surface area (Å²) in [5.41, 5.74) is 9.40. The SMILES string of the molecule is Cc1cnc(CSc2n[nH]c(=O)n2C)c(C)c1N. The van der Waals surface area contributed by atoms with Crippen molar-refractivity contribution in [3.8, 4) is 0 Å². The molecule has 0 unspecified atom stereocenters. The maximum absolute atomic E-state index is 11.2. The van der Waals surface area contributed by atoms with Crippen LogP contribution >= 0.6 is 11.8 Å². The van der Waals surface area contributed by atoms with Crippen molar-refractivity contribution >= 4 is 17.4 Å². The molecule has 0 atom stereocenters. The lowest BCUT2D eigenvalue weighted by molar-refractivity contribution is 0.765. The number of anilines is 1. The van der Waals surface area contributed by atoms with E-state index in [4.69, 9.17) is 5.73 Å². The summed E-state index contributed by atoms with van der Waals surface area (Å²) in [7, 11) is 1.68. The van der Waals surface area contributed by atoms with Crippen molar-refractivity contribution in [3.63, 3.8) is 0 Å². The van der Waals surface area contributed by atoms with E-state index in [0.29, 0.717) is 10.9 Å². The molecular formula is C11H15N5OS. The van der Waals surface area contributed by atoms with Gasteiger partial charge in [-0.15, -0.1) is 5.10 Å². The standard InChI is InChI=1S/C11H15N5OS/c1-6-4-13-8(7(2)9(6)12)5-18-11-15-14-10(17)16(11)3/h4H,5H2,1-3H3,(H2,12,13)(H,14,17). The van der Waals surface area contributed by atoms with E-state index in [2.05, 4.69) is 15.2 Å². The highest BCUT2D eigenvalue weighted by Gasteiger charge is 2.09. The zero-order valence-electron chi connectivity index (χ0n) is 10.5. The van der Waals surface area contributed by atoms with E-state index in [0.717, 1.165) is 22.5 Å². The highest BCUT2D eigenvalue weighted by Crippen LogP contribution is 2.24. The van der Waals surface area contributed by atoms with Crippen molar-refractivity contribution < 1.29 is 0 Å². The van der Waals surface area contributed by atoms with Crippen molar-refractivity contribution in [2.45, 2.75) is 24.8 Å². The number of aromatic nitrogens is 4. The summed E-state index contributed by atoms with van der Waals surface area (Å²) >= 11 is 1.45. The fourth-order valence-corrected chi connectivity index (χ4v) is 2.48. The number of H-pyrrole nitrogens is 1. The normalized spacial score (nSPS) is 10.8. The van der Waals surface area contributed by atoms with Gasteiger partial charge in [-0.1, -0.05) is 11.8 Å². The van der Waals surface area contributed by atoms with E-state index in [1.807, 2.05) is 13.8 Å². The van der Waals surface area contributed by atoms with E-state index in [1.165, 1.54) is 16.3 Å². The van der Waals surface area contributed by atoms with E-state index in [-0.39, 0.29) is 5.69 Å². The molecule has 0 radical (unpaired) electrons. The number of aryl methyl sites for hydroxylation is 1. The Labute approximate surface area is 109 Å². The predicted molar refractivity (Wildman–Crippen MR) is 71.5 cm³/mol. The lowest BCUT2D eigenvalue weighted by Crippen LogP contribution is -2.12. The predicted octanol–water partition coefficient (Wildman–Crippen LogP) is 0.995. The summed E-state index contributed by atoms with van der Waals surface area (Å²) in [6.45, 7) is 3.89. The third kappa shape index (κ3) is 2.26. The molecule has 18 heavy (non-hydrogen) atoms. The van der Waals surface area contributed by atoms with Crippen molar-refractivity contribution in [1.29, 1.82) is 0 Å². The number of rotatable bonds is 3. The summed E-state index contributed by atoms with van der Waals surface area (Å²) in [5, 5.41) is 6.97. The number of nitrogens with zero attached hydrogens (tertiary/aromatic N) is 3. The molecule has 2 heterocycles. The molecule has 2 aromatic rings. The first-order valence-electron chi connectivity index (χ1n) is 5.45. The Morgan fingerprint density at radius 1 is 1.50 bits per heavy atom. The Balaban J connectivity index is 2.19. The fraction of sp³-hybridized carbons (Fsp3) is 0.364. The van der Waals surface area contributed by atoms with Crippen LogP contribution in [0.15, 0.2) is 16.1 Å². The van der Waals surface area contributed by atoms with Gasteiger partial charge in [0.1, 0.15) is 0 Å². The molecule has 0 amide bonds. The molecule has 0 saturated heterocycles. The molecule has 96 valence electrons. The van der Waals surface area contributed by atoms with Crippen LogP contribution in [0.5, 0.6) is 0 Å². The van der Waals surface area contributed by atoms with Gasteiger partial charge < -0.3 is 5.73 Å². The van der Waals surface area contributed by atoms with Crippen LogP contribution in [0, 0.1) is 13.8 Å². The fourth-order valence-electron chi connectivity index (χ4n) is 1.53. The summed E-state index contributed by atoms with van der Waals surface area (Å²) in [6, 6.07) is 0. The maximum Gasteiger partial charge on any atom is 0.343 e. The maximum atomic E-state index is 11.2. The van der Waals surface area contributed by atoms with E-state index >= 15 is 0 Å². The van der Waals surface area contributed by atoms with Gasteiger partial charge in [0.2, 0.25) is 0 Å². The quantitative estimate of drug-likeness (QED) is 0.808. The largest absolute Gasteiger partial charge is 0.398 e. The Morgan fingerprint density at radius 3 is 2.83 bits per heavy atom. The number of aromatic amines is 1. The molecule has 3 N–H and O–H groups in total. The van der Waals surface area contributed by atoms with Crippen molar-refractivity contribution in [3.05, 3.63) is 33.5 Å². The smallest absolute Gasteiger partial charge is 0.343 e. The molecule has 0 aromatic carbocycles. The average Bonchev–Trinajstić information content (AvgIpc) is 2.67. The van der Waals surface area contributed by atoms with Gasteiger partial charge in [0, 0.05) is 24.7 Å². The number of pyridine rings is 1. The minimum Gasteiger partial charge on any atom is -0.398 e. The molecule has 0 spiro atoms. The van der Waals surface area contributed by atoms with E-state index in [9.17, 15) is 4.79 Å². The van der Waals surface area contributed by atoms with Gasteiger partial charge >= 0.3 is 5.69 Å². The van der Waals surface area contributed by atoms with Crippen molar-refractivity contribution in [1.82, 2.24) is 19.7 Å². The first-order chi connectivity index (χ1) is 8.50. The highest BCUT2D eigenvalue weighted by atomic mass is 32.2. The van der Waals surface area contributed by atoms with Crippen molar-refractivity contribution in [2.75, 3.05) is 5.73 Å².